The quantitative estimate of drug-likeness (QED) is 0.587. The lowest BCUT2D eigenvalue weighted by molar-refractivity contribution is -0.142. The van der Waals surface area contributed by atoms with Gasteiger partial charge in [0.1, 0.15) is 17.7 Å². The Kier molecular flexibility index (Phi) is 5.53. The summed E-state index contributed by atoms with van der Waals surface area (Å²) in [6, 6.07) is 12.0. The van der Waals surface area contributed by atoms with Gasteiger partial charge in [0.15, 0.2) is 0 Å². The van der Waals surface area contributed by atoms with E-state index in [1.54, 1.807) is 6.20 Å². The zero-order chi connectivity index (χ0) is 17.6. The van der Waals surface area contributed by atoms with E-state index in [0.717, 1.165) is 36.5 Å². The molecule has 1 aromatic carbocycles. The summed E-state index contributed by atoms with van der Waals surface area (Å²) in [6.45, 7) is 4.98. The van der Waals surface area contributed by atoms with Crippen LogP contribution in [0.5, 0.6) is 5.75 Å². The fraction of sp³-hybridized carbons (Fsp3) is 0.400. The van der Waals surface area contributed by atoms with E-state index in [1.807, 2.05) is 31.2 Å². The second-order valence-electron chi connectivity index (χ2n) is 6.36. The van der Waals surface area contributed by atoms with Gasteiger partial charge < -0.3 is 14.8 Å². The summed E-state index contributed by atoms with van der Waals surface area (Å²) in [5.74, 6) is 1.92. The molecule has 1 aliphatic rings. The summed E-state index contributed by atoms with van der Waals surface area (Å²) < 4.78 is 11.1. The highest BCUT2D eigenvalue weighted by Crippen LogP contribution is 2.44. The molecule has 1 saturated carbocycles. The number of anilines is 1. The minimum absolute atomic E-state index is 0.0429. The van der Waals surface area contributed by atoms with Gasteiger partial charge in [0.05, 0.1) is 6.61 Å². The highest BCUT2D eigenvalue weighted by Gasteiger charge is 2.41. The topological polar surface area (TPSA) is 60.5 Å². The number of nitrogens with zero attached hydrogens (tertiary/aromatic N) is 1. The third-order valence-electron chi connectivity index (χ3n) is 4.23. The molecular formula is C20H24N2O3. The normalized spacial score (nSPS) is 18.5. The molecule has 5 heteroatoms. The van der Waals surface area contributed by atoms with Crippen molar-refractivity contribution in [3.8, 4) is 5.75 Å². The standard InChI is InChI=1S/C20H24N2O3/c1-14-12-16(17-13-19(17)25-15(2)23)7-8-18(14)24-11-5-10-22-20-6-3-4-9-21-20/h3-4,6-9,12,17,19H,5,10-11,13H2,1-2H3,(H,21,22). The average molecular weight is 340 g/mol. The summed E-state index contributed by atoms with van der Waals surface area (Å²) in [5, 5.41) is 3.27. The molecule has 0 saturated heterocycles. The minimum Gasteiger partial charge on any atom is -0.493 e. The summed E-state index contributed by atoms with van der Waals surface area (Å²) in [7, 11) is 0. The number of aryl methyl sites for hydroxylation is 1. The van der Waals surface area contributed by atoms with Gasteiger partial charge in [-0.1, -0.05) is 18.2 Å². The van der Waals surface area contributed by atoms with Crippen molar-refractivity contribution in [3.63, 3.8) is 0 Å². The van der Waals surface area contributed by atoms with Gasteiger partial charge in [0.25, 0.3) is 0 Å². The smallest absolute Gasteiger partial charge is 0.302 e. The van der Waals surface area contributed by atoms with E-state index in [1.165, 1.54) is 12.5 Å². The third-order valence-corrected chi connectivity index (χ3v) is 4.23. The molecule has 1 N–H and O–H groups in total. The summed E-state index contributed by atoms with van der Waals surface area (Å²) in [5.41, 5.74) is 2.33. The van der Waals surface area contributed by atoms with Crippen LogP contribution in [0.1, 0.15) is 36.8 Å². The molecule has 0 bridgehead atoms. The largest absolute Gasteiger partial charge is 0.493 e. The maximum atomic E-state index is 11.0. The van der Waals surface area contributed by atoms with E-state index >= 15 is 0 Å². The molecule has 0 radical (unpaired) electrons. The molecule has 1 heterocycles. The molecule has 5 nitrogen and oxygen atoms in total. The minimum atomic E-state index is -0.205. The molecule has 0 spiro atoms. The Labute approximate surface area is 148 Å². The highest BCUT2D eigenvalue weighted by molar-refractivity contribution is 5.66. The molecule has 2 unspecified atom stereocenters. The Bertz CT molecular complexity index is 718. The van der Waals surface area contributed by atoms with Crippen molar-refractivity contribution in [1.29, 1.82) is 0 Å². The summed E-state index contributed by atoms with van der Waals surface area (Å²) in [4.78, 5) is 15.2. The first kappa shape index (κ1) is 17.3. The number of ether oxygens (including phenoxy) is 2. The number of carbonyl (C=O) groups is 1. The number of hydrogen-bond acceptors (Lipinski definition) is 5. The molecule has 25 heavy (non-hydrogen) atoms. The first-order chi connectivity index (χ1) is 12.1. The Balaban J connectivity index is 1.42. The van der Waals surface area contributed by atoms with Gasteiger partial charge >= 0.3 is 5.97 Å². The Morgan fingerprint density at radius 3 is 2.92 bits per heavy atom. The average Bonchev–Trinajstić information content (AvgIpc) is 3.35. The molecule has 3 rings (SSSR count). The number of benzene rings is 1. The van der Waals surface area contributed by atoms with Crippen LogP contribution < -0.4 is 10.1 Å². The van der Waals surface area contributed by atoms with Crippen molar-refractivity contribution in [2.45, 2.75) is 38.7 Å². The molecule has 0 amide bonds. The molecule has 2 atom stereocenters. The Morgan fingerprint density at radius 2 is 2.20 bits per heavy atom. The SMILES string of the molecule is CC(=O)OC1CC1c1ccc(OCCCNc2ccccn2)c(C)c1. The van der Waals surface area contributed by atoms with Crippen LogP contribution in [0.2, 0.25) is 0 Å². The van der Waals surface area contributed by atoms with Crippen molar-refractivity contribution >= 4 is 11.8 Å². The lowest BCUT2D eigenvalue weighted by Crippen LogP contribution is -2.08. The van der Waals surface area contributed by atoms with Crippen LogP contribution >= 0.6 is 0 Å². The first-order valence-electron chi connectivity index (χ1n) is 8.69. The number of aromatic nitrogens is 1. The van der Waals surface area contributed by atoms with Gasteiger partial charge in [-0.2, -0.15) is 0 Å². The van der Waals surface area contributed by atoms with E-state index in [4.69, 9.17) is 9.47 Å². The molecule has 1 aromatic heterocycles. The van der Waals surface area contributed by atoms with E-state index < -0.39 is 0 Å². The molecule has 1 aliphatic carbocycles. The fourth-order valence-corrected chi connectivity index (χ4v) is 2.87. The van der Waals surface area contributed by atoms with Crippen molar-refractivity contribution in [2.24, 2.45) is 0 Å². The van der Waals surface area contributed by atoms with E-state index in [0.29, 0.717) is 12.5 Å². The van der Waals surface area contributed by atoms with Crippen LogP contribution in [0.25, 0.3) is 0 Å². The predicted octanol–water partition coefficient (Wildman–Crippen LogP) is 3.69. The van der Waals surface area contributed by atoms with Gasteiger partial charge in [-0.25, -0.2) is 4.98 Å². The van der Waals surface area contributed by atoms with Crippen molar-refractivity contribution in [1.82, 2.24) is 4.98 Å². The Morgan fingerprint density at radius 1 is 1.32 bits per heavy atom. The third kappa shape index (κ3) is 4.95. The number of nitrogens with one attached hydrogen (secondary N) is 1. The van der Waals surface area contributed by atoms with Gasteiger partial charge in [-0.05, 0) is 49.1 Å². The maximum Gasteiger partial charge on any atom is 0.302 e. The number of hydrogen-bond donors (Lipinski definition) is 1. The molecule has 2 aromatic rings. The summed E-state index contributed by atoms with van der Waals surface area (Å²) >= 11 is 0. The van der Waals surface area contributed by atoms with Crippen molar-refractivity contribution in [2.75, 3.05) is 18.5 Å². The zero-order valence-corrected chi connectivity index (χ0v) is 14.7. The molecule has 1 fully saturated rings. The monoisotopic (exact) mass is 340 g/mol. The van der Waals surface area contributed by atoms with Crippen LogP contribution in [-0.4, -0.2) is 30.2 Å². The van der Waals surface area contributed by atoms with Gasteiger partial charge in [0, 0.05) is 25.6 Å². The van der Waals surface area contributed by atoms with Crippen LogP contribution in [0.4, 0.5) is 5.82 Å². The van der Waals surface area contributed by atoms with Gasteiger partial charge in [-0.15, -0.1) is 0 Å². The highest BCUT2D eigenvalue weighted by atomic mass is 16.5. The molecule has 0 aliphatic heterocycles. The van der Waals surface area contributed by atoms with Crippen LogP contribution in [0.15, 0.2) is 42.6 Å². The lowest BCUT2D eigenvalue weighted by atomic mass is 10.1. The van der Waals surface area contributed by atoms with E-state index in [-0.39, 0.29) is 12.1 Å². The Hall–Kier alpha value is -2.56. The van der Waals surface area contributed by atoms with Crippen LogP contribution in [0, 0.1) is 6.92 Å². The van der Waals surface area contributed by atoms with E-state index in [2.05, 4.69) is 22.4 Å². The van der Waals surface area contributed by atoms with Gasteiger partial charge in [0.2, 0.25) is 0 Å². The lowest BCUT2D eigenvalue weighted by Gasteiger charge is -2.11. The number of esters is 1. The van der Waals surface area contributed by atoms with Crippen molar-refractivity contribution < 1.29 is 14.3 Å². The van der Waals surface area contributed by atoms with Crippen LogP contribution in [0.3, 0.4) is 0 Å². The first-order valence-corrected chi connectivity index (χ1v) is 8.69. The second kappa shape index (κ2) is 8.01. The fourth-order valence-electron chi connectivity index (χ4n) is 2.87. The predicted molar refractivity (Wildman–Crippen MR) is 96.9 cm³/mol. The summed E-state index contributed by atoms with van der Waals surface area (Å²) in [6.07, 6.45) is 3.63. The number of carbonyl (C=O) groups excluding carboxylic acids is 1. The molecular weight excluding hydrogens is 316 g/mol. The van der Waals surface area contributed by atoms with Gasteiger partial charge in [-0.3, -0.25) is 4.79 Å². The van der Waals surface area contributed by atoms with Crippen LogP contribution in [-0.2, 0) is 9.53 Å². The maximum absolute atomic E-state index is 11.0. The number of rotatable bonds is 8. The van der Waals surface area contributed by atoms with Crippen molar-refractivity contribution in [3.05, 3.63) is 53.7 Å². The number of pyridine rings is 1. The zero-order valence-electron chi connectivity index (χ0n) is 14.7. The van der Waals surface area contributed by atoms with E-state index in [9.17, 15) is 4.79 Å². The second-order valence-corrected chi connectivity index (χ2v) is 6.36. The molecule has 132 valence electrons.